The van der Waals surface area contributed by atoms with Crippen LogP contribution in [0.1, 0.15) is 38.5 Å². The number of hydrogen-bond acceptors (Lipinski definition) is 1. The van der Waals surface area contributed by atoms with Gasteiger partial charge in [-0.25, -0.2) is 0 Å². The summed E-state index contributed by atoms with van der Waals surface area (Å²) >= 11 is 0. The molecule has 2 aliphatic rings. The highest BCUT2D eigenvalue weighted by Gasteiger charge is 2.29. The zero-order chi connectivity index (χ0) is 6.97. The highest BCUT2D eigenvalue weighted by atomic mass is 16.3. The summed E-state index contributed by atoms with van der Waals surface area (Å²) in [5.41, 5.74) is 0. The molecule has 0 unspecified atom stereocenters. The zero-order valence-electron chi connectivity index (χ0n) is 6.42. The molecule has 0 aliphatic heterocycles. The fourth-order valence-corrected chi connectivity index (χ4v) is 1.57. The van der Waals surface area contributed by atoms with Gasteiger partial charge >= 0.3 is 0 Å². The Balaban J connectivity index is 1.60. The van der Waals surface area contributed by atoms with E-state index in [9.17, 15) is 5.11 Å². The lowest BCUT2D eigenvalue weighted by Gasteiger charge is -2.07. The average Bonchev–Trinajstić information content (AvgIpc) is 2.59. The fraction of sp³-hybridized carbons (Fsp3) is 1.00. The maximum absolute atomic E-state index is 9.47. The van der Waals surface area contributed by atoms with E-state index in [4.69, 9.17) is 0 Å². The van der Waals surface area contributed by atoms with E-state index in [-0.39, 0.29) is 6.10 Å². The Morgan fingerprint density at radius 1 is 1.00 bits per heavy atom. The maximum Gasteiger partial charge on any atom is 0.0545 e. The van der Waals surface area contributed by atoms with Gasteiger partial charge in [-0.1, -0.05) is 25.7 Å². The Hall–Kier alpha value is -0.0400. The van der Waals surface area contributed by atoms with Crippen molar-refractivity contribution in [2.24, 2.45) is 11.8 Å². The molecular formula is C9H16O. The van der Waals surface area contributed by atoms with Crippen LogP contribution in [0, 0.1) is 11.8 Å². The fourth-order valence-electron chi connectivity index (χ4n) is 1.57. The molecule has 10 heavy (non-hydrogen) atoms. The van der Waals surface area contributed by atoms with Crippen molar-refractivity contribution < 1.29 is 5.11 Å². The van der Waals surface area contributed by atoms with E-state index in [2.05, 4.69) is 0 Å². The Labute approximate surface area is 62.4 Å². The van der Waals surface area contributed by atoms with Gasteiger partial charge in [-0.15, -0.1) is 0 Å². The van der Waals surface area contributed by atoms with Crippen molar-refractivity contribution in [3.63, 3.8) is 0 Å². The highest BCUT2D eigenvalue weighted by molar-refractivity contribution is 4.81. The summed E-state index contributed by atoms with van der Waals surface area (Å²) in [6.07, 6.45) is 7.74. The van der Waals surface area contributed by atoms with Crippen LogP contribution in [0.2, 0.25) is 0 Å². The summed E-state index contributed by atoms with van der Waals surface area (Å²) in [4.78, 5) is 0. The molecular weight excluding hydrogens is 124 g/mol. The van der Waals surface area contributed by atoms with Gasteiger partial charge in [0, 0.05) is 0 Å². The summed E-state index contributed by atoms with van der Waals surface area (Å²) in [6, 6.07) is 0. The van der Waals surface area contributed by atoms with Crippen LogP contribution >= 0.6 is 0 Å². The normalized spacial score (nSPS) is 25.8. The van der Waals surface area contributed by atoms with E-state index in [1.807, 2.05) is 0 Å². The molecule has 2 rings (SSSR count). The lowest BCUT2D eigenvalue weighted by Crippen LogP contribution is -2.07. The first-order valence-electron chi connectivity index (χ1n) is 4.52. The minimum atomic E-state index is 0.0417. The Morgan fingerprint density at radius 3 is 1.70 bits per heavy atom. The smallest absolute Gasteiger partial charge is 0.0545 e. The third kappa shape index (κ3) is 1.98. The van der Waals surface area contributed by atoms with Crippen LogP contribution < -0.4 is 0 Å². The predicted molar refractivity (Wildman–Crippen MR) is 40.7 cm³/mol. The molecule has 0 aromatic rings. The molecule has 1 nitrogen and oxygen atoms in total. The van der Waals surface area contributed by atoms with Crippen molar-refractivity contribution in [2.75, 3.05) is 0 Å². The van der Waals surface area contributed by atoms with Gasteiger partial charge in [-0.3, -0.25) is 0 Å². The molecule has 0 spiro atoms. The second-order valence-electron chi connectivity index (χ2n) is 4.01. The molecule has 0 amide bonds. The van der Waals surface area contributed by atoms with E-state index in [1.165, 1.54) is 25.7 Å². The van der Waals surface area contributed by atoms with Gasteiger partial charge in [0.2, 0.25) is 0 Å². The Bertz CT molecular complexity index is 99.9. The largest absolute Gasteiger partial charge is 0.393 e. The third-order valence-corrected chi connectivity index (χ3v) is 2.60. The van der Waals surface area contributed by atoms with E-state index < -0.39 is 0 Å². The Morgan fingerprint density at radius 2 is 1.40 bits per heavy atom. The van der Waals surface area contributed by atoms with Crippen LogP contribution in [-0.4, -0.2) is 11.2 Å². The number of rotatable bonds is 4. The molecule has 0 radical (unpaired) electrons. The van der Waals surface area contributed by atoms with Gasteiger partial charge in [-0.2, -0.15) is 0 Å². The molecule has 1 heteroatoms. The number of aliphatic hydroxyl groups is 1. The molecule has 0 atom stereocenters. The molecule has 2 fully saturated rings. The molecule has 0 heterocycles. The number of aliphatic hydroxyl groups excluding tert-OH is 1. The maximum atomic E-state index is 9.47. The van der Waals surface area contributed by atoms with Crippen LogP contribution in [0.15, 0.2) is 0 Å². The van der Waals surface area contributed by atoms with Crippen molar-refractivity contribution in [3.8, 4) is 0 Å². The molecule has 58 valence electrons. The van der Waals surface area contributed by atoms with E-state index in [1.54, 1.807) is 0 Å². The second kappa shape index (κ2) is 2.54. The van der Waals surface area contributed by atoms with Crippen LogP contribution in [0.3, 0.4) is 0 Å². The van der Waals surface area contributed by atoms with Crippen LogP contribution in [-0.2, 0) is 0 Å². The average molecular weight is 140 g/mol. The van der Waals surface area contributed by atoms with Crippen molar-refractivity contribution in [2.45, 2.75) is 44.6 Å². The summed E-state index contributed by atoms with van der Waals surface area (Å²) in [5.74, 6) is 1.79. The molecule has 0 saturated heterocycles. The summed E-state index contributed by atoms with van der Waals surface area (Å²) in [5, 5.41) is 9.47. The topological polar surface area (TPSA) is 20.2 Å². The molecule has 2 aliphatic carbocycles. The van der Waals surface area contributed by atoms with E-state index >= 15 is 0 Å². The minimum Gasteiger partial charge on any atom is -0.393 e. The lowest BCUT2D eigenvalue weighted by molar-refractivity contribution is 0.141. The van der Waals surface area contributed by atoms with Gasteiger partial charge in [-0.05, 0) is 24.7 Å². The molecule has 2 saturated carbocycles. The van der Waals surface area contributed by atoms with Gasteiger partial charge in [0.15, 0.2) is 0 Å². The third-order valence-electron chi connectivity index (χ3n) is 2.60. The van der Waals surface area contributed by atoms with Crippen molar-refractivity contribution >= 4 is 0 Å². The van der Waals surface area contributed by atoms with Gasteiger partial charge in [0.1, 0.15) is 0 Å². The first kappa shape index (κ1) is 6.66. The van der Waals surface area contributed by atoms with Crippen LogP contribution in [0.5, 0.6) is 0 Å². The van der Waals surface area contributed by atoms with E-state index in [0.717, 1.165) is 24.7 Å². The van der Waals surface area contributed by atoms with E-state index in [0.29, 0.717) is 0 Å². The second-order valence-corrected chi connectivity index (χ2v) is 4.01. The van der Waals surface area contributed by atoms with Crippen molar-refractivity contribution in [1.29, 1.82) is 0 Å². The van der Waals surface area contributed by atoms with Gasteiger partial charge in [0.05, 0.1) is 6.10 Å². The standard InChI is InChI=1S/C9H16O/c10-9(5-7-1-2-7)6-8-3-4-8/h7-10H,1-6H2. The molecule has 0 bridgehead atoms. The molecule has 0 aromatic heterocycles. The predicted octanol–water partition coefficient (Wildman–Crippen LogP) is 1.95. The first-order valence-corrected chi connectivity index (χ1v) is 4.52. The SMILES string of the molecule is OC(CC1CC1)CC1CC1. The van der Waals surface area contributed by atoms with Crippen LogP contribution in [0.25, 0.3) is 0 Å². The number of hydrogen-bond donors (Lipinski definition) is 1. The molecule has 0 aromatic carbocycles. The summed E-state index contributed by atoms with van der Waals surface area (Å²) in [6.45, 7) is 0. The van der Waals surface area contributed by atoms with Gasteiger partial charge < -0.3 is 5.11 Å². The minimum absolute atomic E-state index is 0.0417. The van der Waals surface area contributed by atoms with Crippen LogP contribution in [0.4, 0.5) is 0 Å². The quantitative estimate of drug-likeness (QED) is 0.632. The summed E-state index contributed by atoms with van der Waals surface area (Å²) < 4.78 is 0. The van der Waals surface area contributed by atoms with Gasteiger partial charge in [0.25, 0.3) is 0 Å². The molecule has 1 N–H and O–H groups in total. The summed E-state index contributed by atoms with van der Waals surface area (Å²) in [7, 11) is 0. The highest BCUT2D eigenvalue weighted by Crippen LogP contribution is 2.38. The first-order chi connectivity index (χ1) is 4.84. The van der Waals surface area contributed by atoms with Crippen molar-refractivity contribution in [3.05, 3.63) is 0 Å². The Kier molecular flexibility index (Phi) is 1.69. The van der Waals surface area contributed by atoms with Crippen molar-refractivity contribution in [1.82, 2.24) is 0 Å². The zero-order valence-corrected chi connectivity index (χ0v) is 6.42. The monoisotopic (exact) mass is 140 g/mol. The lowest BCUT2D eigenvalue weighted by atomic mass is 10.1.